The van der Waals surface area contributed by atoms with Crippen LogP contribution in [0.15, 0.2) is 48.5 Å². The van der Waals surface area contributed by atoms with Crippen LogP contribution in [0.2, 0.25) is 0 Å². The van der Waals surface area contributed by atoms with Crippen molar-refractivity contribution in [2.75, 3.05) is 13.2 Å². The molecule has 8 heteroatoms. The second-order valence-corrected chi connectivity index (χ2v) is 9.11. The molecule has 1 saturated heterocycles. The van der Waals surface area contributed by atoms with E-state index in [0.717, 1.165) is 22.3 Å². The van der Waals surface area contributed by atoms with Crippen LogP contribution in [-0.4, -0.2) is 54.5 Å². The number of amides is 2. The molecule has 0 saturated carbocycles. The molecule has 8 nitrogen and oxygen atoms in total. The van der Waals surface area contributed by atoms with E-state index in [9.17, 15) is 14.4 Å². The monoisotopic (exact) mass is 466 g/mol. The fourth-order valence-electron chi connectivity index (χ4n) is 4.69. The zero-order valence-electron chi connectivity index (χ0n) is 19.3. The van der Waals surface area contributed by atoms with Gasteiger partial charge in [0, 0.05) is 18.6 Å². The highest BCUT2D eigenvalue weighted by atomic mass is 16.6. The summed E-state index contributed by atoms with van der Waals surface area (Å²) < 4.78 is 11.1. The highest BCUT2D eigenvalue weighted by Crippen LogP contribution is 2.44. The van der Waals surface area contributed by atoms with Gasteiger partial charge in [-0.2, -0.15) is 0 Å². The van der Waals surface area contributed by atoms with Crippen LogP contribution >= 0.6 is 0 Å². The van der Waals surface area contributed by atoms with E-state index in [1.807, 2.05) is 38.1 Å². The first-order valence-corrected chi connectivity index (χ1v) is 11.6. The zero-order chi connectivity index (χ0) is 24.2. The Kier molecular flexibility index (Phi) is 7.17. The van der Waals surface area contributed by atoms with Crippen LogP contribution in [0.5, 0.6) is 0 Å². The topological polar surface area (TPSA) is 114 Å². The third-order valence-corrected chi connectivity index (χ3v) is 6.52. The van der Waals surface area contributed by atoms with E-state index in [1.54, 1.807) is 0 Å². The predicted molar refractivity (Wildman–Crippen MR) is 125 cm³/mol. The van der Waals surface area contributed by atoms with Gasteiger partial charge in [0.1, 0.15) is 6.61 Å². The van der Waals surface area contributed by atoms with Gasteiger partial charge >= 0.3 is 12.1 Å². The number of nitrogens with one attached hydrogen (secondary N) is 2. The number of rotatable bonds is 8. The van der Waals surface area contributed by atoms with Gasteiger partial charge in [-0.1, -0.05) is 62.4 Å². The average Bonchev–Trinajstić information content (AvgIpc) is 3.39. The molecule has 2 aromatic carbocycles. The molecule has 2 aromatic rings. The van der Waals surface area contributed by atoms with Crippen molar-refractivity contribution >= 4 is 18.0 Å². The van der Waals surface area contributed by atoms with Crippen molar-refractivity contribution in [1.29, 1.82) is 0 Å². The van der Waals surface area contributed by atoms with Crippen LogP contribution in [-0.2, 0) is 19.1 Å². The van der Waals surface area contributed by atoms with E-state index in [1.165, 1.54) is 0 Å². The Hall–Kier alpha value is -3.39. The van der Waals surface area contributed by atoms with Gasteiger partial charge in [-0.25, -0.2) is 4.79 Å². The molecule has 1 aliphatic heterocycles. The van der Waals surface area contributed by atoms with E-state index < -0.39 is 36.2 Å². The number of ether oxygens (including phenoxy) is 2. The van der Waals surface area contributed by atoms with Crippen molar-refractivity contribution in [3.8, 4) is 11.1 Å². The lowest BCUT2D eigenvalue weighted by Crippen LogP contribution is -2.52. The lowest BCUT2D eigenvalue weighted by atomic mass is 9.98. The average molecular weight is 467 g/mol. The van der Waals surface area contributed by atoms with Crippen molar-refractivity contribution in [2.45, 2.75) is 50.8 Å². The molecule has 2 aliphatic rings. The molecule has 0 aromatic heterocycles. The quantitative estimate of drug-likeness (QED) is 0.550. The Labute approximate surface area is 198 Å². The summed E-state index contributed by atoms with van der Waals surface area (Å²) >= 11 is 0. The fraction of sp³-hybridized carbons (Fsp3) is 0.423. The van der Waals surface area contributed by atoms with E-state index in [-0.39, 0.29) is 24.9 Å². The van der Waals surface area contributed by atoms with E-state index in [2.05, 4.69) is 34.9 Å². The van der Waals surface area contributed by atoms with Gasteiger partial charge in [-0.3, -0.25) is 9.59 Å². The Bertz CT molecular complexity index is 1020. The minimum absolute atomic E-state index is 0.0557. The van der Waals surface area contributed by atoms with Crippen LogP contribution in [0, 0.1) is 5.92 Å². The van der Waals surface area contributed by atoms with Gasteiger partial charge in [0.2, 0.25) is 0 Å². The first-order chi connectivity index (χ1) is 16.3. The Morgan fingerprint density at radius 2 is 1.68 bits per heavy atom. The normalized spacial score (nSPS) is 19.9. The van der Waals surface area contributed by atoms with Crippen molar-refractivity contribution in [3.05, 3.63) is 59.7 Å². The standard InChI is InChI=1S/C26H30N2O6/c1-15(2)22(13-23(29)30)27-25(31)24-21(11-12-33-24)28-26(32)34-14-20-18-9-5-3-7-16(18)17-8-4-6-10-19(17)20/h3-10,15,20-22,24H,11-14H2,1-2H3,(H,27,31)(H,28,32)(H,29,30). The van der Waals surface area contributed by atoms with Crippen molar-refractivity contribution in [2.24, 2.45) is 5.92 Å². The molecule has 3 N–H and O–H groups in total. The molecule has 4 rings (SSSR count). The molecule has 3 atom stereocenters. The molecule has 1 heterocycles. The SMILES string of the molecule is CC(C)C(CC(=O)O)NC(=O)C1OCCC1NC(=O)OCC1c2ccccc2-c2ccccc21. The molecule has 180 valence electrons. The van der Waals surface area contributed by atoms with Gasteiger partial charge in [-0.05, 0) is 34.6 Å². The van der Waals surface area contributed by atoms with Crippen LogP contribution < -0.4 is 10.6 Å². The lowest BCUT2D eigenvalue weighted by molar-refractivity contribution is -0.138. The summed E-state index contributed by atoms with van der Waals surface area (Å²) in [5, 5.41) is 14.6. The molecule has 3 unspecified atom stereocenters. The number of carbonyl (C=O) groups excluding carboxylic acids is 2. The zero-order valence-corrected chi connectivity index (χ0v) is 19.3. The van der Waals surface area contributed by atoms with Gasteiger partial charge in [0.05, 0.1) is 12.5 Å². The second-order valence-electron chi connectivity index (χ2n) is 9.11. The minimum atomic E-state index is -0.986. The molecule has 0 spiro atoms. The molecule has 34 heavy (non-hydrogen) atoms. The van der Waals surface area contributed by atoms with E-state index in [0.29, 0.717) is 13.0 Å². The largest absolute Gasteiger partial charge is 0.481 e. The van der Waals surface area contributed by atoms with Crippen molar-refractivity contribution in [3.63, 3.8) is 0 Å². The molecule has 0 bridgehead atoms. The number of fused-ring (bicyclic) bond motifs is 3. The van der Waals surface area contributed by atoms with E-state index in [4.69, 9.17) is 14.6 Å². The summed E-state index contributed by atoms with van der Waals surface area (Å²) in [6, 6.07) is 15.1. The first-order valence-electron chi connectivity index (χ1n) is 11.6. The fourth-order valence-corrected chi connectivity index (χ4v) is 4.69. The second kappa shape index (κ2) is 10.3. The Morgan fingerprint density at radius 1 is 1.06 bits per heavy atom. The summed E-state index contributed by atoms with van der Waals surface area (Å²) in [7, 11) is 0. The molecule has 2 amide bonds. The number of carboxylic acid groups (broad SMARTS) is 1. The first kappa shape index (κ1) is 23.8. The maximum atomic E-state index is 12.8. The van der Waals surface area contributed by atoms with Crippen molar-refractivity contribution in [1.82, 2.24) is 10.6 Å². The van der Waals surface area contributed by atoms with Crippen LogP contribution in [0.3, 0.4) is 0 Å². The van der Waals surface area contributed by atoms with Gasteiger partial charge < -0.3 is 25.2 Å². The molecule has 1 aliphatic carbocycles. The minimum Gasteiger partial charge on any atom is -0.481 e. The summed E-state index contributed by atoms with van der Waals surface area (Å²) in [5.74, 6) is -1.53. The third kappa shape index (κ3) is 5.07. The van der Waals surface area contributed by atoms with Gasteiger partial charge in [0.15, 0.2) is 6.10 Å². The van der Waals surface area contributed by atoms with Crippen LogP contribution in [0.1, 0.15) is 43.7 Å². The van der Waals surface area contributed by atoms with Gasteiger partial charge in [-0.15, -0.1) is 0 Å². The number of benzene rings is 2. The maximum absolute atomic E-state index is 12.8. The summed E-state index contributed by atoms with van der Waals surface area (Å²) in [5.41, 5.74) is 4.54. The number of carboxylic acids is 1. The highest BCUT2D eigenvalue weighted by molar-refractivity contribution is 5.84. The van der Waals surface area contributed by atoms with Crippen LogP contribution in [0.25, 0.3) is 11.1 Å². The van der Waals surface area contributed by atoms with E-state index >= 15 is 0 Å². The maximum Gasteiger partial charge on any atom is 0.407 e. The number of hydrogen-bond donors (Lipinski definition) is 3. The third-order valence-electron chi connectivity index (χ3n) is 6.52. The predicted octanol–water partition coefficient (Wildman–Crippen LogP) is 3.30. The number of aliphatic carboxylic acids is 1. The number of carbonyl (C=O) groups is 3. The lowest BCUT2D eigenvalue weighted by Gasteiger charge is -2.25. The summed E-state index contributed by atoms with van der Waals surface area (Å²) in [6.07, 6.45) is -1.22. The highest BCUT2D eigenvalue weighted by Gasteiger charge is 2.37. The number of hydrogen-bond acceptors (Lipinski definition) is 5. The van der Waals surface area contributed by atoms with Crippen LogP contribution in [0.4, 0.5) is 4.79 Å². The molecular weight excluding hydrogens is 436 g/mol. The Morgan fingerprint density at radius 3 is 2.26 bits per heavy atom. The molecule has 1 fully saturated rings. The molecular formula is C26H30N2O6. The summed E-state index contributed by atoms with van der Waals surface area (Å²) in [6.45, 7) is 4.18. The summed E-state index contributed by atoms with van der Waals surface area (Å²) in [4.78, 5) is 36.5. The number of alkyl carbamates (subject to hydrolysis) is 1. The van der Waals surface area contributed by atoms with Crippen molar-refractivity contribution < 1.29 is 29.0 Å². The Balaban J connectivity index is 1.36. The van der Waals surface area contributed by atoms with Gasteiger partial charge in [0.25, 0.3) is 5.91 Å². The smallest absolute Gasteiger partial charge is 0.407 e. The molecule has 0 radical (unpaired) electrons.